The van der Waals surface area contributed by atoms with Gasteiger partial charge in [0.2, 0.25) is 0 Å². The maximum atomic E-state index is 8.93. The van der Waals surface area contributed by atoms with Crippen LogP contribution in [0, 0.1) is 11.8 Å². The summed E-state index contributed by atoms with van der Waals surface area (Å²) in [7, 11) is 0. The standard InChI is InChI=1S/C10H18O/c1-8-3-5-10(6-4-8)9(2)7-11/h3,9-11H,4-7H2,1-2H3/t9-,10-/m0/s1. The Morgan fingerprint density at radius 3 is 2.91 bits per heavy atom. The Morgan fingerprint density at radius 1 is 1.73 bits per heavy atom. The summed E-state index contributed by atoms with van der Waals surface area (Å²) in [6, 6.07) is 0. The van der Waals surface area contributed by atoms with Crippen LogP contribution in [0.3, 0.4) is 0 Å². The molecule has 0 aromatic heterocycles. The first-order valence-corrected chi connectivity index (χ1v) is 4.50. The van der Waals surface area contributed by atoms with Crippen molar-refractivity contribution in [3.05, 3.63) is 11.6 Å². The highest BCUT2D eigenvalue weighted by molar-refractivity contribution is 5.03. The fourth-order valence-corrected chi connectivity index (χ4v) is 1.65. The third kappa shape index (κ3) is 2.33. The lowest BCUT2D eigenvalue weighted by atomic mass is 9.82. The molecule has 0 fully saturated rings. The second-order valence-electron chi connectivity index (χ2n) is 3.74. The van der Waals surface area contributed by atoms with Crippen molar-refractivity contribution < 1.29 is 5.11 Å². The zero-order chi connectivity index (χ0) is 8.27. The smallest absolute Gasteiger partial charge is 0.0459 e. The van der Waals surface area contributed by atoms with Gasteiger partial charge in [-0.2, -0.15) is 0 Å². The second kappa shape index (κ2) is 3.91. The van der Waals surface area contributed by atoms with E-state index in [0.29, 0.717) is 12.5 Å². The van der Waals surface area contributed by atoms with Crippen LogP contribution in [0.4, 0.5) is 0 Å². The van der Waals surface area contributed by atoms with Gasteiger partial charge >= 0.3 is 0 Å². The zero-order valence-corrected chi connectivity index (χ0v) is 7.51. The van der Waals surface area contributed by atoms with E-state index in [0.717, 1.165) is 5.92 Å². The number of rotatable bonds is 2. The monoisotopic (exact) mass is 154 g/mol. The normalized spacial score (nSPS) is 27.9. The molecule has 1 aliphatic rings. The number of aliphatic hydroxyl groups excluding tert-OH is 1. The average molecular weight is 154 g/mol. The molecule has 0 amide bonds. The van der Waals surface area contributed by atoms with E-state index in [4.69, 9.17) is 5.11 Å². The van der Waals surface area contributed by atoms with E-state index < -0.39 is 0 Å². The zero-order valence-electron chi connectivity index (χ0n) is 7.51. The molecule has 64 valence electrons. The van der Waals surface area contributed by atoms with Crippen LogP contribution in [0.25, 0.3) is 0 Å². The molecule has 1 rings (SSSR count). The van der Waals surface area contributed by atoms with Crippen molar-refractivity contribution in [3.8, 4) is 0 Å². The molecule has 0 bridgehead atoms. The predicted molar refractivity (Wildman–Crippen MR) is 47.3 cm³/mol. The van der Waals surface area contributed by atoms with Crippen molar-refractivity contribution in [2.45, 2.75) is 33.1 Å². The summed E-state index contributed by atoms with van der Waals surface area (Å²) >= 11 is 0. The summed E-state index contributed by atoms with van der Waals surface area (Å²) in [6.45, 7) is 4.68. The topological polar surface area (TPSA) is 20.2 Å². The minimum absolute atomic E-state index is 0.345. The Labute approximate surface area is 69.1 Å². The van der Waals surface area contributed by atoms with Crippen molar-refractivity contribution >= 4 is 0 Å². The summed E-state index contributed by atoms with van der Waals surface area (Å²) in [5.41, 5.74) is 1.52. The first-order valence-electron chi connectivity index (χ1n) is 4.50. The number of allylic oxidation sites excluding steroid dienone is 2. The molecule has 2 atom stereocenters. The van der Waals surface area contributed by atoms with Gasteiger partial charge in [-0.15, -0.1) is 0 Å². The Morgan fingerprint density at radius 2 is 2.45 bits per heavy atom. The van der Waals surface area contributed by atoms with Crippen LogP contribution >= 0.6 is 0 Å². The van der Waals surface area contributed by atoms with Gasteiger partial charge in [0.15, 0.2) is 0 Å². The van der Waals surface area contributed by atoms with Gasteiger partial charge in [0.25, 0.3) is 0 Å². The SMILES string of the molecule is CC1=CC[C@H]([C@@H](C)CO)CC1. The molecule has 1 aliphatic carbocycles. The summed E-state index contributed by atoms with van der Waals surface area (Å²) in [4.78, 5) is 0. The van der Waals surface area contributed by atoms with Crippen LogP contribution in [-0.2, 0) is 0 Å². The lowest BCUT2D eigenvalue weighted by Gasteiger charge is -2.24. The maximum absolute atomic E-state index is 8.93. The highest BCUT2D eigenvalue weighted by atomic mass is 16.3. The Hall–Kier alpha value is -0.300. The highest BCUT2D eigenvalue weighted by Crippen LogP contribution is 2.28. The van der Waals surface area contributed by atoms with Gasteiger partial charge in [-0.25, -0.2) is 0 Å². The average Bonchev–Trinajstić information content (AvgIpc) is 2.05. The Kier molecular flexibility index (Phi) is 3.13. The van der Waals surface area contributed by atoms with Crippen molar-refractivity contribution in [2.24, 2.45) is 11.8 Å². The van der Waals surface area contributed by atoms with Crippen LogP contribution < -0.4 is 0 Å². The van der Waals surface area contributed by atoms with Gasteiger partial charge in [-0.05, 0) is 38.0 Å². The molecule has 0 aromatic rings. The van der Waals surface area contributed by atoms with E-state index in [1.807, 2.05) is 0 Å². The van der Waals surface area contributed by atoms with E-state index in [9.17, 15) is 0 Å². The predicted octanol–water partition coefficient (Wildman–Crippen LogP) is 2.36. The summed E-state index contributed by atoms with van der Waals surface area (Å²) in [5.74, 6) is 1.21. The van der Waals surface area contributed by atoms with E-state index >= 15 is 0 Å². The summed E-state index contributed by atoms with van der Waals surface area (Å²) < 4.78 is 0. The minimum Gasteiger partial charge on any atom is -0.396 e. The van der Waals surface area contributed by atoms with Crippen LogP contribution in [0.5, 0.6) is 0 Å². The first-order chi connectivity index (χ1) is 5.24. The third-order valence-electron chi connectivity index (χ3n) is 2.77. The molecule has 0 aliphatic heterocycles. The third-order valence-corrected chi connectivity index (χ3v) is 2.77. The summed E-state index contributed by atoms with van der Waals surface area (Å²) in [6.07, 6.45) is 5.99. The fraction of sp³-hybridized carbons (Fsp3) is 0.800. The Balaban J connectivity index is 2.40. The van der Waals surface area contributed by atoms with Gasteiger partial charge < -0.3 is 5.11 Å². The number of hydrogen-bond donors (Lipinski definition) is 1. The van der Waals surface area contributed by atoms with Crippen molar-refractivity contribution in [1.82, 2.24) is 0 Å². The fourth-order valence-electron chi connectivity index (χ4n) is 1.65. The van der Waals surface area contributed by atoms with Crippen molar-refractivity contribution in [2.75, 3.05) is 6.61 Å². The summed E-state index contributed by atoms with van der Waals surface area (Å²) in [5, 5.41) is 8.93. The molecule has 0 aromatic carbocycles. The molecule has 1 heteroatoms. The molecule has 0 unspecified atom stereocenters. The van der Waals surface area contributed by atoms with E-state index in [2.05, 4.69) is 19.9 Å². The lowest BCUT2D eigenvalue weighted by molar-refractivity contribution is 0.180. The van der Waals surface area contributed by atoms with Gasteiger partial charge in [0, 0.05) is 6.61 Å². The lowest BCUT2D eigenvalue weighted by Crippen LogP contribution is -2.17. The molecule has 0 spiro atoms. The van der Waals surface area contributed by atoms with Crippen LogP contribution in [0.1, 0.15) is 33.1 Å². The molecular formula is C10H18O. The van der Waals surface area contributed by atoms with Crippen molar-refractivity contribution in [1.29, 1.82) is 0 Å². The molecule has 0 saturated carbocycles. The largest absolute Gasteiger partial charge is 0.396 e. The minimum atomic E-state index is 0.345. The molecule has 0 saturated heterocycles. The molecule has 11 heavy (non-hydrogen) atoms. The number of aliphatic hydroxyl groups is 1. The molecule has 0 radical (unpaired) electrons. The van der Waals surface area contributed by atoms with E-state index in [1.165, 1.54) is 24.8 Å². The second-order valence-corrected chi connectivity index (χ2v) is 3.74. The van der Waals surface area contributed by atoms with Crippen LogP contribution in [0.2, 0.25) is 0 Å². The first kappa shape index (κ1) is 8.79. The number of hydrogen-bond acceptors (Lipinski definition) is 1. The van der Waals surface area contributed by atoms with Gasteiger partial charge in [0.1, 0.15) is 0 Å². The maximum Gasteiger partial charge on any atom is 0.0459 e. The van der Waals surface area contributed by atoms with Crippen LogP contribution in [0.15, 0.2) is 11.6 Å². The van der Waals surface area contributed by atoms with E-state index in [-0.39, 0.29) is 0 Å². The molecule has 1 N–H and O–H groups in total. The Bertz CT molecular complexity index is 149. The van der Waals surface area contributed by atoms with E-state index in [1.54, 1.807) is 0 Å². The van der Waals surface area contributed by atoms with Gasteiger partial charge in [-0.1, -0.05) is 18.6 Å². The molecule has 0 heterocycles. The highest BCUT2D eigenvalue weighted by Gasteiger charge is 2.17. The van der Waals surface area contributed by atoms with Gasteiger partial charge in [0.05, 0.1) is 0 Å². The quantitative estimate of drug-likeness (QED) is 0.605. The van der Waals surface area contributed by atoms with Crippen molar-refractivity contribution in [3.63, 3.8) is 0 Å². The van der Waals surface area contributed by atoms with Crippen LogP contribution in [-0.4, -0.2) is 11.7 Å². The molecular weight excluding hydrogens is 136 g/mol. The molecule has 1 nitrogen and oxygen atoms in total. The van der Waals surface area contributed by atoms with Gasteiger partial charge in [-0.3, -0.25) is 0 Å².